The molecule has 0 aliphatic carbocycles. The average Bonchev–Trinajstić information content (AvgIpc) is 2.32. The van der Waals surface area contributed by atoms with Gasteiger partial charge in [0, 0.05) is 24.9 Å². The Morgan fingerprint density at radius 2 is 1.73 bits per heavy atom. The summed E-state index contributed by atoms with van der Waals surface area (Å²) in [5, 5.41) is 9.78. The molecule has 2 saturated heterocycles. The summed E-state index contributed by atoms with van der Waals surface area (Å²) >= 11 is 0. The van der Waals surface area contributed by atoms with Crippen LogP contribution in [0.2, 0.25) is 0 Å². The first-order valence-corrected chi connectivity index (χ1v) is 6.14. The maximum absolute atomic E-state index is 10.9. The maximum atomic E-state index is 10.9. The number of hydrogen-bond acceptors (Lipinski definition) is 5. The van der Waals surface area contributed by atoms with Crippen LogP contribution in [0.4, 0.5) is 0 Å². The van der Waals surface area contributed by atoms with E-state index in [9.17, 15) is 18.1 Å². The van der Waals surface area contributed by atoms with Crippen molar-refractivity contribution in [2.24, 2.45) is 0 Å². The molecule has 0 saturated carbocycles. The van der Waals surface area contributed by atoms with Crippen LogP contribution in [0.1, 0.15) is 25.7 Å². The van der Waals surface area contributed by atoms with Crippen LogP contribution < -0.4 is 29.6 Å². The van der Waals surface area contributed by atoms with Gasteiger partial charge in [-0.1, -0.05) is 0 Å². The van der Waals surface area contributed by atoms with E-state index in [-0.39, 0.29) is 54.5 Å². The van der Waals surface area contributed by atoms with Crippen molar-refractivity contribution in [2.45, 2.75) is 42.7 Å². The second-order valence-electron chi connectivity index (χ2n) is 4.36. The third-order valence-electron chi connectivity index (χ3n) is 3.56. The maximum Gasteiger partial charge on any atom is 1.00 e. The summed E-state index contributed by atoms with van der Waals surface area (Å²) in [4.78, 5) is 0.0466. The Morgan fingerprint density at radius 1 is 1.33 bits per heavy atom. The van der Waals surface area contributed by atoms with Crippen LogP contribution in [0.5, 0.6) is 0 Å². The van der Waals surface area contributed by atoms with Crippen molar-refractivity contribution in [3.05, 3.63) is 0 Å². The monoisotopic (exact) mass is 243 g/mol. The van der Waals surface area contributed by atoms with Gasteiger partial charge in [0.05, 0.1) is 0 Å². The molecule has 0 radical (unpaired) electrons. The average molecular weight is 243 g/mol. The number of piperidine rings is 1. The Balaban J connectivity index is 0.00000112. The SMILES string of the molecule is CN1C2CCC1CC(O)(S(=O)(=O)[O-])C2.[Na+]. The zero-order valence-electron chi connectivity index (χ0n) is 9.01. The molecular formula is C8H14NNaO4S. The van der Waals surface area contributed by atoms with Crippen LogP contribution in [0.3, 0.4) is 0 Å². The van der Waals surface area contributed by atoms with Gasteiger partial charge in [0.2, 0.25) is 0 Å². The van der Waals surface area contributed by atoms with Crippen LogP contribution >= 0.6 is 0 Å². The fourth-order valence-electron chi connectivity index (χ4n) is 2.61. The van der Waals surface area contributed by atoms with Crippen molar-refractivity contribution in [1.29, 1.82) is 0 Å². The number of aliphatic hydroxyl groups is 1. The molecule has 0 aromatic carbocycles. The first-order chi connectivity index (χ1) is 6.33. The van der Waals surface area contributed by atoms with Crippen LogP contribution in [-0.2, 0) is 10.1 Å². The molecule has 2 heterocycles. The normalized spacial score (nSPS) is 41.3. The van der Waals surface area contributed by atoms with Gasteiger partial charge < -0.3 is 14.6 Å². The second kappa shape index (κ2) is 4.25. The Hall–Kier alpha value is 0.830. The quantitative estimate of drug-likeness (QED) is 0.381. The van der Waals surface area contributed by atoms with Crippen LogP contribution in [0.25, 0.3) is 0 Å². The van der Waals surface area contributed by atoms with Gasteiger partial charge in [-0.25, -0.2) is 8.42 Å². The minimum Gasteiger partial charge on any atom is -0.746 e. The van der Waals surface area contributed by atoms with Gasteiger partial charge in [0.15, 0.2) is 4.93 Å². The Labute approximate surface area is 112 Å². The summed E-state index contributed by atoms with van der Waals surface area (Å²) in [6.45, 7) is 0. The predicted molar refractivity (Wildman–Crippen MR) is 48.5 cm³/mol. The van der Waals surface area contributed by atoms with Crippen molar-refractivity contribution in [1.82, 2.24) is 4.90 Å². The molecule has 0 aromatic heterocycles. The predicted octanol–water partition coefficient (Wildman–Crippen LogP) is -3.52. The van der Waals surface area contributed by atoms with E-state index in [1.807, 2.05) is 7.05 Å². The molecule has 2 unspecified atom stereocenters. The molecule has 82 valence electrons. The first-order valence-electron chi connectivity index (χ1n) is 4.73. The van der Waals surface area contributed by atoms with E-state index in [2.05, 4.69) is 4.90 Å². The summed E-state index contributed by atoms with van der Waals surface area (Å²) in [6.07, 6.45) is 1.87. The van der Waals surface area contributed by atoms with Crippen LogP contribution in [-0.4, -0.2) is 47.0 Å². The topological polar surface area (TPSA) is 80.7 Å². The molecular weight excluding hydrogens is 229 g/mol. The standard InChI is InChI=1S/C8H15NO4S.Na/c1-9-6-2-3-7(9)5-8(10,4-6)14(11,12)13;/h6-7,10H,2-5H2,1H3,(H,11,12,13);/q;+1/p-1. The molecule has 5 nitrogen and oxygen atoms in total. The fourth-order valence-corrected chi connectivity index (χ4v) is 3.40. The Morgan fingerprint density at radius 3 is 2.07 bits per heavy atom. The van der Waals surface area contributed by atoms with Gasteiger partial charge in [-0.15, -0.1) is 0 Å². The third-order valence-corrected chi connectivity index (χ3v) is 4.82. The van der Waals surface area contributed by atoms with Gasteiger partial charge in [0.1, 0.15) is 10.1 Å². The molecule has 15 heavy (non-hydrogen) atoms. The van der Waals surface area contributed by atoms with E-state index in [0.717, 1.165) is 12.8 Å². The number of nitrogens with zero attached hydrogens (tertiary/aromatic N) is 1. The van der Waals surface area contributed by atoms with E-state index in [0.29, 0.717) is 0 Å². The third kappa shape index (κ3) is 2.26. The van der Waals surface area contributed by atoms with Crippen molar-refractivity contribution >= 4 is 10.1 Å². The van der Waals surface area contributed by atoms with E-state index >= 15 is 0 Å². The fraction of sp³-hybridized carbons (Fsp3) is 1.00. The van der Waals surface area contributed by atoms with Crippen LogP contribution in [0.15, 0.2) is 0 Å². The van der Waals surface area contributed by atoms with Gasteiger partial charge in [-0.05, 0) is 19.9 Å². The summed E-state index contributed by atoms with van der Waals surface area (Å²) in [5.74, 6) is 0. The summed E-state index contributed by atoms with van der Waals surface area (Å²) in [6, 6.07) is 0.0879. The largest absolute Gasteiger partial charge is 1.00 e. The second-order valence-corrected chi connectivity index (χ2v) is 6.03. The van der Waals surface area contributed by atoms with E-state index in [1.165, 1.54) is 0 Å². The van der Waals surface area contributed by atoms with Gasteiger partial charge >= 0.3 is 29.6 Å². The zero-order chi connectivity index (χ0) is 10.6. The van der Waals surface area contributed by atoms with Crippen molar-refractivity contribution in [3.8, 4) is 0 Å². The molecule has 0 spiro atoms. The molecule has 0 amide bonds. The Kier molecular flexibility index (Phi) is 3.94. The van der Waals surface area contributed by atoms with Gasteiger partial charge in [-0.2, -0.15) is 0 Å². The minimum absolute atomic E-state index is 0. The Bertz CT molecular complexity index is 331. The summed E-state index contributed by atoms with van der Waals surface area (Å²) in [7, 11) is -2.68. The zero-order valence-corrected chi connectivity index (χ0v) is 11.8. The van der Waals surface area contributed by atoms with E-state index < -0.39 is 15.1 Å². The molecule has 2 rings (SSSR count). The molecule has 7 heteroatoms. The molecule has 2 aliphatic heterocycles. The minimum atomic E-state index is -4.60. The molecule has 2 bridgehead atoms. The molecule has 2 fully saturated rings. The summed E-state index contributed by atoms with van der Waals surface area (Å²) in [5.41, 5.74) is 0. The number of fused-ring (bicyclic) bond motifs is 2. The number of hydrogen-bond donors (Lipinski definition) is 1. The molecule has 1 N–H and O–H groups in total. The number of rotatable bonds is 1. The smallest absolute Gasteiger partial charge is 0.746 e. The van der Waals surface area contributed by atoms with E-state index in [1.54, 1.807) is 0 Å². The first kappa shape index (κ1) is 13.9. The summed E-state index contributed by atoms with van der Waals surface area (Å²) < 4.78 is 32.7. The van der Waals surface area contributed by atoms with Crippen molar-refractivity contribution < 1.29 is 47.6 Å². The van der Waals surface area contributed by atoms with Gasteiger partial charge in [-0.3, -0.25) is 0 Å². The molecule has 2 aliphatic rings. The molecule has 2 atom stereocenters. The van der Waals surface area contributed by atoms with E-state index in [4.69, 9.17) is 0 Å². The van der Waals surface area contributed by atoms with Crippen molar-refractivity contribution in [2.75, 3.05) is 7.05 Å². The van der Waals surface area contributed by atoms with Crippen LogP contribution in [0, 0.1) is 0 Å². The van der Waals surface area contributed by atoms with Gasteiger partial charge in [0.25, 0.3) is 0 Å². The molecule has 0 aromatic rings. The van der Waals surface area contributed by atoms with Crippen molar-refractivity contribution in [3.63, 3.8) is 0 Å².